The van der Waals surface area contributed by atoms with Crippen LogP contribution in [-0.2, 0) is 14.3 Å². The number of aryl methyl sites for hydroxylation is 1. The van der Waals surface area contributed by atoms with Crippen LogP contribution in [0, 0.1) is 6.92 Å². The molecular weight excluding hydrogens is 332 g/mol. The van der Waals surface area contributed by atoms with Gasteiger partial charge in [0.15, 0.2) is 0 Å². The lowest BCUT2D eigenvalue weighted by molar-refractivity contribution is -0.145. The van der Waals surface area contributed by atoms with Crippen LogP contribution in [0.15, 0.2) is 48.5 Å². The van der Waals surface area contributed by atoms with Gasteiger partial charge < -0.3 is 20.1 Å². The molecule has 0 saturated carbocycles. The largest absolute Gasteiger partial charge is 0.444 e. The van der Waals surface area contributed by atoms with E-state index in [4.69, 9.17) is 15.2 Å². The molecule has 136 valence electrons. The van der Waals surface area contributed by atoms with Gasteiger partial charge in [-0.1, -0.05) is 42.5 Å². The number of anilines is 1. The van der Waals surface area contributed by atoms with Crippen molar-refractivity contribution in [2.75, 3.05) is 32.0 Å². The fourth-order valence-corrected chi connectivity index (χ4v) is 2.87. The number of hydrogen-bond acceptors (Lipinski definition) is 5. The minimum atomic E-state index is -1.01. The Balaban J connectivity index is 1.87. The van der Waals surface area contributed by atoms with Crippen molar-refractivity contribution in [3.05, 3.63) is 65.2 Å². The normalized spacial score (nSPS) is 15.3. The van der Waals surface area contributed by atoms with E-state index in [1.807, 2.05) is 31.2 Å². The Bertz CT molecular complexity index is 786. The molecule has 6 nitrogen and oxygen atoms in total. The quantitative estimate of drug-likeness (QED) is 0.673. The summed E-state index contributed by atoms with van der Waals surface area (Å²) in [5, 5.41) is 0. The van der Waals surface area contributed by atoms with Gasteiger partial charge in [0.2, 0.25) is 6.10 Å². The molecule has 0 aromatic heterocycles. The zero-order chi connectivity index (χ0) is 18.5. The SMILES string of the molecule is Cc1cccc(C(=O)O[C@H](C(=O)N2CCOCC2)c2ccccc2)c1N. The number of esters is 1. The molecule has 0 radical (unpaired) electrons. The third-order valence-corrected chi connectivity index (χ3v) is 4.42. The number of amides is 1. The van der Waals surface area contributed by atoms with Gasteiger partial charge in [0.25, 0.3) is 5.91 Å². The molecule has 3 rings (SSSR count). The van der Waals surface area contributed by atoms with E-state index in [0.717, 1.165) is 5.56 Å². The van der Waals surface area contributed by atoms with Crippen molar-refractivity contribution in [1.82, 2.24) is 4.90 Å². The minimum absolute atomic E-state index is 0.251. The summed E-state index contributed by atoms with van der Waals surface area (Å²) in [6, 6.07) is 14.2. The number of para-hydroxylation sites is 1. The average Bonchev–Trinajstić information content (AvgIpc) is 2.69. The van der Waals surface area contributed by atoms with Gasteiger partial charge in [-0.2, -0.15) is 0 Å². The highest BCUT2D eigenvalue weighted by Gasteiger charge is 2.31. The van der Waals surface area contributed by atoms with Crippen molar-refractivity contribution in [3.63, 3.8) is 0 Å². The summed E-state index contributed by atoms with van der Waals surface area (Å²) in [6.45, 7) is 3.73. The van der Waals surface area contributed by atoms with Crippen molar-refractivity contribution in [2.45, 2.75) is 13.0 Å². The van der Waals surface area contributed by atoms with Gasteiger partial charge in [-0.25, -0.2) is 4.79 Å². The van der Waals surface area contributed by atoms with E-state index in [1.54, 1.807) is 29.2 Å². The molecule has 6 heteroatoms. The van der Waals surface area contributed by atoms with Crippen LogP contribution in [0.25, 0.3) is 0 Å². The van der Waals surface area contributed by atoms with E-state index in [-0.39, 0.29) is 11.5 Å². The lowest BCUT2D eigenvalue weighted by Gasteiger charge is -2.30. The first-order valence-electron chi connectivity index (χ1n) is 8.55. The standard InChI is InChI=1S/C20H22N2O4/c1-14-6-5-9-16(17(14)21)20(24)26-18(15-7-3-2-4-8-15)19(23)22-10-12-25-13-11-22/h2-9,18H,10-13,21H2,1H3/t18-/m0/s1. The van der Waals surface area contributed by atoms with Gasteiger partial charge in [0.1, 0.15) is 0 Å². The van der Waals surface area contributed by atoms with Crippen LogP contribution in [0.3, 0.4) is 0 Å². The fraction of sp³-hybridized carbons (Fsp3) is 0.300. The molecule has 1 amide bonds. The lowest BCUT2D eigenvalue weighted by Crippen LogP contribution is -2.44. The van der Waals surface area contributed by atoms with E-state index in [2.05, 4.69) is 0 Å². The summed E-state index contributed by atoms with van der Waals surface area (Å²) in [7, 11) is 0. The van der Waals surface area contributed by atoms with Gasteiger partial charge >= 0.3 is 5.97 Å². The maximum absolute atomic E-state index is 13.0. The van der Waals surface area contributed by atoms with Crippen LogP contribution in [-0.4, -0.2) is 43.1 Å². The Hall–Kier alpha value is -2.86. The monoisotopic (exact) mass is 354 g/mol. The summed E-state index contributed by atoms with van der Waals surface area (Å²) < 4.78 is 10.9. The van der Waals surface area contributed by atoms with Crippen molar-refractivity contribution >= 4 is 17.6 Å². The highest BCUT2D eigenvalue weighted by atomic mass is 16.5. The van der Waals surface area contributed by atoms with E-state index in [0.29, 0.717) is 37.6 Å². The highest BCUT2D eigenvalue weighted by Crippen LogP contribution is 2.25. The summed E-state index contributed by atoms with van der Waals surface area (Å²) in [5.74, 6) is -0.860. The molecule has 2 N–H and O–H groups in total. The van der Waals surface area contributed by atoms with Crippen LogP contribution in [0.4, 0.5) is 5.69 Å². The molecule has 0 unspecified atom stereocenters. The van der Waals surface area contributed by atoms with Crippen LogP contribution in [0.1, 0.15) is 27.6 Å². The molecular formula is C20H22N2O4. The molecule has 2 aromatic carbocycles. The second-order valence-corrected chi connectivity index (χ2v) is 6.17. The molecule has 0 bridgehead atoms. The van der Waals surface area contributed by atoms with Crippen molar-refractivity contribution in [1.29, 1.82) is 0 Å². The summed E-state index contributed by atoms with van der Waals surface area (Å²) >= 11 is 0. The fourth-order valence-electron chi connectivity index (χ4n) is 2.87. The van der Waals surface area contributed by atoms with Gasteiger partial charge in [-0.3, -0.25) is 4.79 Å². The molecule has 0 aliphatic carbocycles. The highest BCUT2D eigenvalue weighted by molar-refractivity contribution is 5.97. The Kier molecular flexibility index (Phi) is 5.53. The number of hydrogen-bond donors (Lipinski definition) is 1. The molecule has 1 atom stereocenters. The predicted octanol–water partition coefficient (Wildman–Crippen LogP) is 2.33. The van der Waals surface area contributed by atoms with Crippen LogP contribution in [0.5, 0.6) is 0 Å². The number of benzene rings is 2. The number of ether oxygens (including phenoxy) is 2. The topological polar surface area (TPSA) is 81.9 Å². The molecule has 26 heavy (non-hydrogen) atoms. The Morgan fingerprint density at radius 3 is 2.46 bits per heavy atom. The zero-order valence-corrected chi connectivity index (χ0v) is 14.7. The number of rotatable bonds is 4. The van der Waals surface area contributed by atoms with Crippen LogP contribution in [0.2, 0.25) is 0 Å². The number of morpholine rings is 1. The summed E-state index contributed by atoms with van der Waals surface area (Å²) in [5.41, 5.74) is 8.05. The molecule has 1 aliphatic rings. The summed E-state index contributed by atoms with van der Waals surface area (Å²) in [4.78, 5) is 27.3. The van der Waals surface area contributed by atoms with Gasteiger partial charge in [0.05, 0.1) is 18.8 Å². The first-order valence-corrected chi connectivity index (χ1v) is 8.55. The number of nitrogen functional groups attached to an aromatic ring is 1. The second kappa shape index (κ2) is 8.01. The van der Waals surface area contributed by atoms with Crippen molar-refractivity contribution in [3.8, 4) is 0 Å². The minimum Gasteiger partial charge on any atom is -0.444 e. The molecule has 1 fully saturated rings. The first kappa shape index (κ1) is 17.9. The van der Waals surface area contributed by atoms with E-state index < -0.39 is 12.1 Å². The summed E-state index contributed by atoms with van der Waals surface area (Å²) in [6.07, 6.45) is -1.01. The number of carbonyl (C=O) groups excluding carboxylic acids is 2. The molecule has 1 heterocycles. The lowest BCUT2D eigenvalue weighted by atomic mass is 10.1. The average molecular weight is 354 g/mol. The number of nitrogens with two attached hydrogens (primary N) is 1. The molecule has 1 saturated heterocycles. The van der Waals surface area contributed by atoms with E-state index in [9.17, 15) is 9.59 Å². The molecule has 2 aromatic rings. The Labute approximate surface area is 152 Å². The van der Waals surface area contributed by atoms with Gasteiger partial charge in [-0.15, -0.1) is 0 Å². The number of carbonyl (C=O) groups is 2. The predicted molar refractivity (Wildman–Crippen MR) is 97.6 cm³/mol. The zero-order valence-electron chi connectivity index (χ0n) is 14.7. The Morgan fingerprint density at radius 1 is 1.08 bits per heavy atom. The molecule has 0 spiro atoms. The Morgan fingerprint density at radius 2 is 1.77 bits per heavy atom. The first-order chi connectivity index (χ1) is 12.6. The van der Waals surface area contributed by atoms with Crippen LogP contribution < -0.4 is 5.73 Å². The second-order valence-electron chi connectivity index (χ2n) is 6.17. The van der Waals surface area contributed by atoms with E-state index >= 15 is 0 Å². The maximum atomic E-state index is 13.0. The van der Waals surface area contributed by atoms with Crippen LogP contribution >= 0.6 is 0 Å². The van der Waals surface area contributed by atoms with Crippen molar-refractivity contribution in [2.24, 2.45) is 0 Å². The van der Waals surface area contributed by atoms with E-state index in [1.165, 1.54) is 0 Å². The number of nitrogens with zero attached hydrogens (tertiary/aromatic N) is 1. The smallest absolute Gasteiger partial charge is 0.341 e. The van der Waals surface area contributed by atoms with Gasteiger partial charge in [0, 0.05) is 24.3 Å². The maximum Gasteiger partial charge on any atom is 0.341 e. The third-order valence-electron chi connectivity index (χ3n) is 4.42. The molecule has 1 aliphatic heterocycles. The van der Waals surface area contributed by atoms with Gasteiger partial charge in [-0.05, 0) is 18.6 Å². The third kappa shape index (κ3) is 3.86. The van der Waals surface area contributed by atoms with Crippen molar-refractivity contribution < 1.29 is 19.1 Å².